The summed E-state index contributed by atoms with van der Waals surface area (Å²) < 4.78 is 0.389. The molecule has 3 nitrogen and oxygen atoms in total. The summed E-state index contributed by atoms with van der Waals surface area (Å²) in [5, 5.41) is 0. The summed E-state index contributed by atoms with van der Waals surface area (Å²) in [4.78, 5) is 6.93. The third-order valence-electron chi connectivity index (χ3n) is 3.46. The molecular weight excluding hydrogens is 242 g/mol. The lowest BCUT2D eigenvalue weighted by atomic mass is 10.1. The molecule has 18 heavy (non-hydrogen) atoms. The van der Waals surface area contributed by atoms with Crippen LogP contribution in [0.4, 0.5) is 5.82 Å². The lowest BCUT2D eigenvalue weighted by Crippen LogP contribution is -2.27. The Morgan fingerprint density at radius 3 is 2.78 bits per heavy atom. The van der Waals surface area contributed by atoms with Crippen LogP contribution >= 0.6 is 11.8 Å². The van der Waals surface area contributed by atoms with E-state index in [2.05, 4.69) is 47.6 Å². The van der Waals surface area contributed by atoms with Gasteiger partial charge in [0.25, 0.3) is 0 Å². The molecule has 0 aliphatic carbocycles. The van der Waals surface area contributed by atoms with E-state index >= 15 is 0 Å². The van der Waals surface area contributed by atoms with E-state index in [4.69, 9.17) is 5.73 Å². The van der Waals surface area contributed by atoms with E-state index in [1.54, 1.807) is 0 Å². The van der Waals surface area contributed by atoms with Crippen LogP contribution < -0.4 is 10.6 Å². The highest BCUT2D eigenvalue weighted by Gasteiger charge is 2.24. The second-order valence-electron chi connectivity index (χ2n) is 5.58. The minimum Gasteiger partial charge on any atom is -0.356 e. The van der Waals surface area contributed by atoms with Crippen LogP contribution in [0.1, 0.15) is 38.8 Å². The molecule has 1 atom stereocenters. The molecule has 0 saturated carbocycles. The zero-order valence-corrected chi connectivity index (χ0v) is 12.3. The van der Waals surface area contributed by atoms with Gasteiger partial charge in [0.1, 0.15) is 5.82 Å². The van der Waals surface area contributed by atoms with Gasteiger partial charge in [0, 0.05) is 35.8 Å². The SMILES string of the molecule is C[C@H](N)c1ccc(N2CCSC(C)(C)CC2)nc1. The fourth-order valence-corrected chi connectivity index (χ4v) is 3.20. The minimum absolute atomic E-state index is 0.0603. The predicted octanol–water partition coefficient (Wildman–Crippen LogP) is 2.82. The van der Waals surface area contributed by atoms with Crippen molar-refractivity contribution < 1.29 is 0 Å². The lowest BCUT2D eigenvalue weighted by Gasteiger charge is -2.23. The third kappa shape index (κ3) is 3.39. The first kappa shape index (κ1) is 13.7. The molecular formula is C14H23N3S. The largest absolute Gasteiger partial charge is 0.356 e. The summed E-state index contributed by atoms with van der Waals surface area (Å²) in [5.74, 6) is 2.25. The van der Waals surface area contributed by atoms with Gasteiger partial charge >= 0.3 is 0 Å². The van der Waals surface area contributed by atoms with Gasteiger partial charge in [0.05, 0.1) is 0 Å². The van der Waals surface area contributed by atoms with Crippen molar-refractivity contribution in [1.29, 1.82) is 0 Å². The number of thioether (sulfide) groups is 1. The molecule has 0 aromatic carbocycles. The molecule has 0 bridgehead atoms. The van der Waals surface area contributed by atoms with Crippen LogP contribution in [0.25, 0.3) is 0 Å². The fraction of sp³-hybridized carbons (Fsp3) is 0.643. The Balaban J connectivity index is 2.07. The molecule has 1 aromatic rings. The molecule has 2 N–H and O–H groups in total. The van der Waals surface area contributed by atoms with Crippen LogP contribution in [0.15, 0.2) is 18.3 Å². The molecule has 0 unspecified atom stereocenters. The van der Waals surface area contributed by atoms with Crippen molar-refractivity contribution in [1.82, 2.24) is 4.98 Å². The van der Waals surface area contributed by atoms with Gasteiger partial charge in [-0.15, -0.1) is 0 Å². The average molecular weight is 265 g/mol. The molecule has 2 heterocycles. The van der Waals surface area contributed by atoms with E-state index in [1.165, 1.54) is 12.2 Å². The summed E-state index contributed by atoms with van der Waals surface area (Å²) in [5.41, 5.74) is 6.95. The highest BCUT2D eigenvalue weighted by atomic mass is 32.2. The third-order valence-corrected chi connectivity index (χ3v) is 4.83. The summed E-state index contributed by atoms with van der Waals surface area (Å²) >= 11 is 2.06. The number of hydrogen-bond donors (Lipinski definition) is 1. The van der Waals surface area contributed by atoms with Crippen LogP contribution in [0.2, 0.25) is 0 Å². The van der Waals surface area contributed by atoms with E-state index < -0.39 is 0 Å². The number of nitrogens with zero attached hydrogens (tertiary/aromatic N) is 2. The number of hydrogen-bond acceptors (Lipinski definition) is 4. The molecule has 1 aliphatic heterocycles. The van der Waals surface area contributed by atoms with Crippen LogP contribution in [0.3, 0.4) is 0 Å². The summed E-state index contributed by atoms with van der Waals surface area (Å²) in [6, 6.07) is 4.25. The van der Waals surface area contributed by atoms with Crippen LogP contribution in [-0.2, 0) is 0 Å². The van der Waals surface area contributed by atoms with E-state index in [1.807, 2.05) is 13.1 Å². The van der Waals surface area contributed by atoms with Crippen molar-refractivity contribution in [3.8, 4) is 0 Å². The molecule has 1 aliphatic rings. The first-order chi connectivity index (χ1) is 8.48. The minimum atomic E-state index is 0.0603. The highest BCUT2D eigenvalue weighted by molar-refractivity contribution is 8.00. The Bertz CT molecular complexity index is 387. The Morgan fingerprint density at radius 2 is 2.17 bits per heavy atom. The first-order valence-electron chi connectivity index (χ1n) is 6.58. The molecule has 1 saturated heterocycles. The normalized spacial score (nSPS) is 21.4. The van der Waals surface area contributed by atoms with Crippen LogP contribution in [0, 0.1) is 0 Å². The Labute approximate surface area is 114 Å². The van der Waals surface area contributed by atoms with Crippen molar-refractivity contribution in [2.75, 3.05) is 23.7 Å². The molecule has 1 fully saturated rings. The van der Waals surface area contributed by atoms with Crippen molar-refractivity contribution in [2.45, 2.75) is 38.0 Å². The molecule has 0 radical (unpaired) electrons. The number of aromatic nitrogens is 1. The topological polar surface area (TPSA) is 42.1 Å². The average Bonchev–Trinajstić information content (AvgIpc) is 2.50. The van der Waals surface area contributed by atoms with Gasteiger partial charge in [-0.1, -0.05) is 19.9 Å². The maximum atomic E-state index is 5.85. The molecule has 1 aromatic heterocycles. The summed E-state index contributed by atoms with van der Waals surface area (Å²) in [6.45, 7) is 8.81. The number of anilines is 1. The van der Waals surface area contributed by atoms with Crippen molar-refractivity contribution in [2.24, 2.45) is 5.73 Å². The van der Waals surface area contributed by atoms with Crippen molar-refractivity contribution in [3.63, 3.8) is 0 Å². The second-order valence-corrected chi connectivity index (χ2v) is 7.39. The van der Waals surface area contributed by atoms with E-state index in [-0.39, 0.29) is 6.04 Å². The predicted molar refractivity (Wildman–Crippen MR) is 80.2 cm³/mol. The quantitative estimate of drug-likeness (QED) is 0.893. The van der Waals surface area contributed by atoms with Gasteiger partial charge in [-0.3, -0.25) is 0 Å². The maximum Gasteiger partial charge on any atom is 0.128 e. The lowest BCUT2D eigenvalue weighted by molar-refractivity contribution is 0.635. The van der Waals surface area contributed by atoms with Gasteiger partial charge in [0.15, 0.2) is 0 Å². The molecule has 0 amide bonds. The summed E-state index contributed by atoms with van der Waals surface area (Å²) in [7, 11) is 0. The molecule has 0 spiro atoms. The van der Waals surface area contributed by atoms with Gasteiger partial charge in [-0.25, -0.2) is 4.98 Å². The Hall–Kier alpha value is -0.740. The smallest absolute Gasteiger partial charge is 0.128 e. The zero-order chi connectivity index (χ0) is 13.2. The van der Waals surface area contributed by atoms with Gasteiger partial charge < -0.3 is 10.6 Å². The Morgan fingerprint density at radius 1 is 1.39 bits per heavy atom. The molecule has 2 rings (SSSR count). The Kier molecular flexibility index (Phi) is 4.17. The van der Waals surface area contributed by atoms with Gasteiger partial charge in [-0.05, 0) is 25.0 Å². The van der Waals surface area contributed by atoms with Crippen molar-refractivity contribution >= 4 is 17.6 Å². The highest BCUT2D eigenvalue weighted by Crippen LogP contribution is 2.31. The number of nitrogens with two attached hydrogens (primary N) is 1. The number of rotatable bonds is 2. The monoisotopic (exact) mass is 265 g/mol. The molecule has 4 heteroatoms. The van der Waals surface area contributed by atoms with E-state index in [0.29, 0.717) is 4.75 Å². The second kappa shape index (κ2) is 5.49. The van der Waals surface area contributed by atoms with E-state index in [0.717, 1.165) is 24.5 Å². The standard InChI is InChI=1S/C14H23N3S/c1-11(15)12-4-5-13(16-10-12)17-7-6-14(2,3)18-9-8-17/h4-5,10-11H,6-9,15H2,1-3H3/t11-/m0/s1. The van der Waals surface area contributed by atoms with Crippen LogP contribution in [0.5, 0.6) is 0 Å². The van der Waals surface area contributed by atoms with Crippen LogP contribution in [-0.4, -0.2) is 28.6 Å². The fourth-order valence-electron chi connectivity index (χ4n) is 2.10. The zero-order valence-electron chi connectivity index (χ0n) is 11.5. The van der Waals surface area contributed by atoms with E-state index in [9.17, 15) is 0 Å². The van der Waals surface area contributed by atoms with Gasteiger partial charge in [-0.2, -0.15) is 11.8 Å². The maximum absolute atomic E-state index is 5.85. The van der Waals surface area contributed by atoms with Crippen molar-refractivity contribution in [3.05, 3.63) is 23.9 Å². The molecule has 100 valence electrons. The first-order valence-corrected chi connectivity index (χ1v) is 7.57. The van der Waals surface area contributed by atoms with Gasteiger partial charge in [0.2, 0.25) is 0 Å². The number of pyridine rings is 1. The summed E-state index contributed by atoms with van der Waals surface area (Å²) in [6.07, 6.45) is 3.11.